The minimum absolute atomic E-state index is 0.0346. The molecule has 0 atom stereocenters. The summed E-state index contributed by atoms with van der Waals surface area (Å²) in [5.74, 6) is -0.0748. The average Bonchev–Trinajstić information content (AvgIpc) is 3.01. The van der Waals surface area contributed by atoms with Crippen molar-refractivity contribution in [1.29, 1.82) is 0 Å². The molecule has 2 aliphatic heterocycles. The number of hydrogen-bond acceptors (Lipinski definition) is 4. The first kappa shape index (κ1) is 13.5. The van der Waals surface area contributed by atoms with Gasteiger partial charge in [-0.1, -0.05) is 23.9 Å². The molecule has 0 spiro atoms. The standard InChI is InChI=1S/C13H15N7S/c14-11(15)19-12(16)18-9-3-1-8(2-4-9)10-7-21-13-17-5-6-20(10)13/h1-4,7H,5-6H2,(H6,14,15,16,18,19). The predicted octanol–water partition coefficient (Wildman–Crippen LogP) is 0.623. The molecule has 6 N–H and O–H groups in total. The number of guanidine groups is 2. The van der Waals surface area contributed by atoms with Crippen molar-refractivity contribution in [3.63, 3.8) is 0 Å². The molecule has 0 unspecified atom stereocenters. The van der Waals surface area contributed by atoms with E-state index in [2.05, 4.69) is 25.3 Å². The maximum atomic E-state index is 5.60. The lowest BCUT2D eigenvalue weighted by Crippen LogP contribution is -2.26. The predicted molar refractivity (Wildman–Crippen MR) is 88.1 cm³/mol. The molecule has 0 saturated carbocycles. The van der Waals surface area contributed by atoms with Crippen LogP contribution in [-0.2, 0) is 0 Å². The van der Waals surface area contributed by atoms with E-state index in [1.165, 1.54) is 5.70 Å². The van der Waals surface area contributed by atoms with Gasteiger partial charge in [0, 0.05) is 12.0 Å². The summed E-state index contributed by atoms with van der Waals surface area (Å²) in [6.45, 7) is 1.79. The van der Waals surface area contributed by atoms with E-state index in [-0.39, 0.29) is 11.9 Å². The van der Waals surface area contributed by atoms with E-state index in [0.29, 0.717) is 5.69 Å². The van der Waals surface area contributed by atoms with Crippen molar-refractivity contribution in [3.05, 3.63) is 35.2 Å². The highest BCUT2D eigenvalue weighted by molar-refractivity contribution is 8.16. The zero-order chi connectivity index (χ0) is 14.8. The molecule has 8 heteroatoms. The molecule has 0 amide bonds. The lowest BCUT2D eigenvalue weighted by atomic mass is 10.1. The van der Waals surface area contributed by atoms with Crippen LogP contribution in [0.4, 0.5) is 5.69 Å². The molecule has 1 aromatic rings. The smallest absolute Gasteiger partial charge is 0.223 e. The van der Waals surface area contributed by atoms with Crippen LogP contribution >= 0.6 is 11.8 Å². The number of fused-ring (bicyclic) bond motifs is 1. The van der Waals surface area contributed by atoms with Crippen molar-refractivity contribution in [3.8, 4) is 0 Å². The van der Waals surface area contributed by atoms with Crippen molar-refractivity contribution in [2.75, 3.05) is 13.1 Å². The van der Waals surface area contributed by atoms with E-state index in [1.54, 1.807) is 11.8 Å². The first-order valence-corrected chi connectivity index (χ1v) is 7.24. The minimum atomic E-state index is -0.109. The summed E-state index contributed by atoms with van der Waals surface area (Å²) in [5, 5.41) is 3.19. The number of hydrogen-bond donors (Lipinski definition) is 3. The van der Waals surface area contributed by atoms with Gasteiger partial charge in [0.05, 0.1) is 17.9 Å². The topological polar surface area (TPSA) is 118 Å². The summed E-state index contributed by atoms with van der Waals surface area (Å²) in [7, 11) is 0. The SMILES string of the molecule is NC(N)=NC(N)=Nc1ccc(C2=CSC3=NCCN23)cc1. The van der Waals surface area contributed by atoms with Crippen molar-refractivity contribution in [1.82, 2.24) is 4.90 Å². The number of nitrogens with zero attached hydrogens (tertiary/aromatic N) is 4. The third-order valence-corrected chi connectivity index (χ3v) is 3.92. The molecule has 1 aromatic carbocycles. The molecule has 0 fully saturated rings. The number of aliphatic imine (C=N–C) groups is 3. The van der Waals surface area contributed by atoms with Gasteiger partial charge in [-0.3, -0.25) is 4.99 Å². The van der Waals surface area contributed by atoms with Gasteiger partial charge in [0.15, 0.2) is 11.1 Å². The van der Waals surface area contributed by atoms with Gasteiger partial charge in [0.1, 0.15) is 0 Å². The van der Waals surface area contributed by atoms with Gasteiger partial charge in [-0.05, 0) is 17.7 Å². The summed E-state index contributed by atoms with van der Waals surface area (Å²) in [5.41, 5.74) is 19.1. The van der Waals surface area contributed by atoms with Crippen LogP contribution in [-0.4, -0.2) is 35.1 Å². The Morgan fingerprint density at radius 1 is 1.19 bits per heavy atom. The average molecular weight is 301 g/mol. The highest BCUT2D eigenvalue weighted by atomic mass is 32.2. The fourth-order valence-corrected chi connectivity index (χ4v) is 3.11. The highest BCUT2D eigenvalue weighted by Gasteiger charge is 2.26. The second-order valence-electron chi connectivity index (χ2n) is 4.49. The first-order chi connectivity index (χ1) is 10.1. The van der Waals surface area contributed by atoms with Crippen LogP contribution in [0.25, 0.3) is 5.70 Å². The van der Waals surface area contributed by atoms with Crippen molar-refractivity contribution in [2.24, 2.45) is 32.2 Å². The quantitative estimate of drug-likeness (QED) is 0.546. The fraction of sp³-hybridized carbons (Fsp3) is 0.154. The monoisotopic (exact) mass is 301 g/mol. The van der Waals surface area contributed by atoms with E-state index in [1.807, 2.05) is 24.3 Å². The fourth-order valence-electron chi connectivity index (χ4n) is 2.14. The van der Waals surface area contributed by atoms with Gasteiger partial charge in [-0.15, -0.1) is 0 Å². The number of rotatable bonds is 2. The van der Waals surface area contributed by atoms with Crippen LogP contribution in [0.2, 0.25) is 0 Å². The van der Waals surface area contributed by atoms with Gasteiger partial charge in [0.2, 0.25) is 5.96 Å². The molecule has 0 aliphatic carbocycles. The second kappa shape index (κ2) is 5.49. The summed E-state index contributed by atoms with van der Waals surface area (Å²) in [6.07, 6.45) is 0. The molecular weight excluding hydrogens is 286 g/mol. The van der Waals surface area contributed by atoms with E-state index < -0.39 is 0 Å². The van der Waals surface area contributed by atoms with E-state index in [0.717, 1.165) is 23.8 Å². The maximum absolute atomic E-state index is 5.60. The Kier molecular flexibility index (Phi) is 3.53. The lowest BCUT2D eigenvalue weighted by Gasteiger charge is -2.16. The highest BCUT2D eigenvalue weighted by Crippen LogP contribution is 2.35. The van der Waals surface area contributed by atoms with Crippen LogP contribution in [0.3, 0.4) is 0 Å². The Hall–Kier alpha value is -2.48. The van der Waals surface area contributed by atoms with E-state index >= 15 is 0 Å². The van der Waals surface area contributed by atoms with Crippen molar-refractivity contribution >= 4 is 40.2 Å². The van der Waals surface area contributed by atoms with Gasteiger partial charge in [0.25, 0.3) is 0 Å². The van der Waals surface area contributed by atoms with E-state index in [4.69, 9.17) is 17.2 Å². The molecule has 0 bridgehead atoms. The summed E-state index contributed by atoms with van der Waals surface area (Å²) in [4.78, 5) is 14.4. The zero-order valence-corrected chi connectivity index (χ0v) is 12.0. The van der Waals surface area contributed by atoms with Gasteiger partial charge in [-0.25, -0.2) is 4.99 Å². The summed E-state index contributed by atoms with van der Waals surface area (Å²) < 4.78 is 0. The Labute approximate surface area is 126 Å². The summed E-state index contributed by atoms with van der Waals surface area (Å²) in [6, 6.07) is 7.74. The maximum Gasteiger partial charge on any atom is 0.223 e. The molecule has 108 valence electrons. The van der Waals surface area contributed by atoms with Crippen molar-refractivity contribution < 1.29 is 0 Å². The van der Waals surface area contributed by atoms with Crippen LogP contribution in [0.1, 0.15) is 5.56 Å². The number of thioether (sulfide) groups is 1. The molecule has 21 heavy (non-hydrogen) atoms. The number of benzene rings is 1. The molecule has 7 nitrogen and oxygen atoms in total. The van der Waals surface area contributed by atoms with Crippen LogP contribution in [0, 0.1) is 0 Å². The Morgan fingerprint density at radius 2 is 1.95 bits per heavy atom. The second-order valence-corrected chi connectivity index (χ2v) is 5.33. The first-order valence-electron chi connectivity index (χ1n) is 6.36. The zero-order valence-electron chi connectivity index (χ0n) is 11.2. The molecule has 2 aliphatic rings. The molecule has 0 radical (unpaired) electrons. The van der Waals surface area contributed by atoms with E-state index in [9.17, 15) is 0 Å². The molecule has 2 heterocycles. The Morgan fingerprint density at radius 3 is 2.67 bits per heavy atom. The molecule has 0 saturated heterocycles. The number of amidine groups is 1. The molecule has 3 rings (SSSR count). The Balaban J connectivity index is 1.79. The normalized spacial score (nSPS) is 17.3. The third-order valence-electron chi connectivity index (χ3n) is 3.02. The minimum Gasteiger partial charge on any atom is -0.370 e. The van der Waals surface area contributed by atoms with Crippen LogP contribution < -0.4 is 17.2 Å². The summed E-state index contributed by atoms with van der Waals surface area (Å²) >= 11 is 1.66. The Bertz CT molecular complexity index is 668. The molecule has 0 aromatic heterocycles. The van der Waals surface area contributed by atoms with Crippen LogP contribution in [0.15, 0.2) is 44.7 Å². The largest absolute Gasteiger partial charge is 0.370 e. The molecular formula is C13H15N7S. The van der Waals surface area contributed by atoms with Gasteiger partial charge < -0.3 is 22.1 Å². The van der Waals surface area contributed by atoms with Crippen molar-refractivity contribution in [2.45, 2.75) is 0 Å². The van der Waals surface area contributed by atoms with Crippen LogP contribution in [0.5, 0.6) is 0 Å². The lowest BCUT2D eigenvalue weighted by molar-refractivity contribution is 0.650. The number of nitrogens with two attached hydrogens (primary N) is 3. The van der Waals surface area contributed by atoms with Gasteiger partial charge >= 0.3 is 0 Å². The van der Waals surface area contributed by atoms with Gasteiger partial charge in [-0.2, -0.15) is 4.99 Å². The third kappa shape index (κ3) is 2.84.